The van der Waals surface area contributed by atoms with Crippen LogP contribution in [0, 0.1) is 11.7 Å². The third-order valence-electron chi connectivity index (χ3n) is 4.98. The molecule has 1 saturated heterocycles. The Balaban J connectivity index is 1.27. The van der Waals surface area contributed by atoms with E-state index >= 15 is 0 Å². The molecule has 1 heterocycles. The van der Waals surface area contributed by atoms with Gasteiger partial charge in [-0.3, -0.25) is 9.69 Å². The number of benzene rings is 2. The van der Waals surface area contributed by atoms with E-state index in [2.05, 4.69) is 10.2 Å². The van der Waals surface area contributed by atoms with Gasteiger partial charge in [-0.05, 0) is 54.7 Å². The summed E-state index contributed by atoms with van der Waals surface area (Å²) in [4.78, 5) is 14.4. The fourth-order valence-corrected chi connectivity index (χ4v) is 3.41. The van der Waals surface area contributed by atoms with E-state index in [1.54, 1.807) is 18.2 Å². The molecule has 2 fully saturated rings. The lowest BCUT2D eigenvalue weighted by Crippen LogP contribution is -2.53. The smallest absolute Gasteiger partial charge is 0.251 e. The van der Waals surface area contributed by atoms with Crippen LogP contribution in [0.4, 0.5) is 4.39 Å². The Labute approximate surface area is 163 Å². The van der Waals surface area contributed by atoms with Crippen LogP contribution in [-0.4, -0.2) is 36.5 Å². The number of hydrogen-bond donors (Lipinski definition) is 1. The van der Waals surface area contributed by atoms with E-state index in [4.69, 9.17) is 16.3 Å². The molecule has 0 unspecified atom stereocenters. The third kappa shape index (κ3) is 4.79. The second-order valence-corrected chi connectivity index (χ2v) is 7.76. The van der Waals surface area contributed by atoms with E-state index in [0.29, 0.717) is 28.8 Å². The van der Waals surface area contributed by atoms with Gasteiger partial charge in [0.15, 0.2) is 0 Å². The molecule has 27 heavy (non-hydrogen) atoms. The average molecular weight is 389 g/mol. The van der Waals surface area contributed by atoms with Crippen molar-refractivity contribution in [3.05, 3.63) is 64.4 Å². The Bertz CT molecular complexity index is 835. The molecule has 4 rings (SSSR count). The molecular weight excluding hydrogens is 367 g/mol. The first-order valence-electron chi connectivity index (χ1n) is 9.28. The Kier molecular flexibility index (Phi) is 5.32. The molecule has 1 aliphatic heterocycles. The maximum atomic E-state index is 13.1. The molecule has 1 N–H and O–H groups in total. The summed E-state index contributed by atoms with van der Waals surface area (Å²) in [5.74, 6) is 0.991. The van der Waals surface area contributed by atoms with Crippen LogP contribution in [0.15, 0.2) is 42.5 Å². The molecule has 0 atom stereocenters. The van der Waals surface area contributed by atoms with Gasteiger partial charge in [0, 0.05) is 36.8 Å². The average Bonchev–Trinajstić information content (AvgIpc) is 3.44. The fourth-order valence-electron chi connectivity index (χ4n) is 3.18. The van der Waals surface area contributed by atoms with Crippen LogP contribution in [0.25, 0.3) is 0 Å². The molecule has 1 saturated carbocycles. The number of carbonyl (C=O) groups is 1. The SMILES string of the molecule is O=C(NCC1CC1)c1cccc(OC2CN(Cc3ccc(F)cc3Cl)C2)c1. The van der Waals surface area contributed by atoms with Gasteiger partial charge in [-0.25, -0.2) is 4.39 Å². The first kappa shape index (κ1) is 18.3. The predicted octanol–water partition coefficient (Wildman–Crippen LogP) is 3.88. The molecule has 2 aromatic rings. The van der Waals surface area contributed by atoms with Crippen molar-refractivity contribution < 1.29 is 13.9 Å². The molecular formula is C21H22ClFN2O2. The molecule has 0 bridgehead atoms. The molecule has 0 radical (unpaired) electrons. The maximum absolute atomic E-state index is 13.1. The minimum atomic E-state index is -0.324. The van der Waals surface area contributed by atoms with E-state index < -0.39 is 0 Å². The Morgan fingerprint density at radius 2 is 2.04 bits per heavy atom. The number of likely N-dealkylation sites (tertiary alicyclic amines) is 1. The normalized spacial score (nSPS) is 17.4. The topological polar surface area (TPSA) is 41.6 Å². The second-order valence-electron chi connectivity index (χ2n) is 7.35. The van der Waals surface area contributed by atoms with Crippen LogP contribution < -0.4 is 10.1 Å². The zero-order valence-corrected chi connectivity index (χ0v) is 15.7. The van der Waals surface area contributed by atoms with E-state index in [-0.39, 0.29) is 17.8 Å². The van der Waals surface area contributed by atoms with Gasteiger partial charge >= 0.3 is 0 Å². The number of nitrogens with one attached hydrogen (secondary N) is 1. The van der Waals surface area contributed by atoms with Crippen molar-refractivity contribution in [2.75, 3.05) is 19.6 Å². The van der Waals surface area contributed by atoms with Gasteiger partial charge in [0.2, 0.25) is 0 Å². The highest BCUT2D eigenvalue weighted by molar-refractivity contribution is 6.31. The summed E-state index contributed by atoms with van der Waals surface area (Å²) in [5, 5.41) is 3.42. The summed E-state index contributed by atoms with van der Waals surface area (Å²) in [6.07, 6.45) is 2.50. The van der Waals surface area contributed by atoms with Crippen molar-refractivity contribution in [2.45, 2.75) is 25.5 Å². The Morgan fingerprint density at radius 1 is 1.22 bits per heavy atom. The van der Waals surface area contributed by atoms with Crippen LogP contribution in [0.5, 0.6) is 5.75 Å². The molecule has 0 aromatic heterocycles. The number of rotatable bonds is 7. The molecule has 1 aliphatic carbocycles. The zero-order valence-electron chi connectivity index (χ0n) is 15.0. The Hall–Kier alpha value is -2.11. The summed E-state index contributed by atoms with van der Waals surface area (Å²) in [7, 11) is 0. The number of nitrogens with zero attached hydrogens (tertiary/aromatic N) is 1. The van der Waals surface area contributed by atoms with Crippen LogP contribution in [0.1, 0.15) is 28.8 Å². The molecule has 4 nitrogen and oxygen atoms in total. The summed E-state index contributed by atoms with van der Waals surface area (Å²) >= 11 is 6.08. The van der Waals surface area contributed by atoms with Gasteiger partial charge in [0.25, 0.3) is 5.91 Å². The Morgan fingerprint density at radius 3 is 2.78 bits per heavy atom. The molecule has 0 spiro atoms. The van der Waals surface area contributed by atoms with Crippen molar-refractivity contribution in [1.82, 2.24) is 10.2 Å². The largest absolute Gasteiger partial charge is 0.488 e. The van der Waals surface area contributed by atoms with E-state index in [0.717, 1.165) is 25.2 Å². The highest BCUT2D eigenvalue weighted by Crippen LogP contribution is 2.28. The number of carbonyl (C=O) groups excluding carboxylic acids is 1. The lowest BCUT2D eigenvalue weighted by molar-refractivity contribution is 0.0145. The van der Waals surface area contributed by atoms with E-state index in [1.165, 1.54) is 25.0 Å². The van der Waals surface area contributed by atoms with Crippen molar-refractivity contribution in [2.24, 2.45) is 5.92 Å². The van der Waals surface area contributed by atoms with Crippen LogP contribution in [0.2, 0.25) is 5.02 Å². The zero-order chi connectivity index (χ0) is 18.8. The van der Waals surface area contributed by atoms with Crippen LogP contribution in [0.3, 0.4) is 0 Å². The number of ether oxygens (including phenoxy) is 1. The molecule has 142 valence electrons. The fraction of sp³-hybridized carbons (Fsp3) is 0.381. The standard InChI is InChI=1S/C21H22ClFN2O2/c22-20-9-17(23)7-6-16(20)11-25-12-19(13-25)27-18-3-1-2-15(8-18)21(26)24-10-14-4-5-14/h1-3,6-9,14,19H,4-5,10-13H2,(H,24,26). The van der Waals surface area contributed by atoms with Crippen molar-refractivity contribution >= 4 is 17.5 Å². The highest BCUT2D eigenvalue weighted by Gasteiger charge is 2.29. The van der Waals surface area contributed by atoms with Gasteiger partial charge in [0.05, 0.1) is 0 Å². The summed E-state index contributed by atoms with van der Waals surface area (Å²) in [5.41, 5.74) is 1.54. The maximum Gasteiger partial charge on any atom is 0.251 e. The van der Waals surface area contributed by atoms with Crippen LogP contribution >= 0.6 is 11.6 Å². The monoisotopic (exact) mass is 388 g/mol. The van der Waals surface area contributed by atoms with Gasteiger partial charge in [-0.15, -0.1) is 0 Å². The minimum Gasteiger partial charge on any atom is -0.488 e. The summed E-state index contributed by atoms with van der Waals surface area (Å²) in [6.45, 7) is 2.97. The lowest BCUT2D eigenvalue weighted by atomic mass is 10.1. The number of halogens is 2. The molecule has 2 aliphatic rings. The lowest BCUT2D eigenvalue weighted by Gasteiger charge is -2.39. The first-order chi connectivity index (χ1) is 13.1. The van der Waals surface area contributed by atoms with Crippen molar-refractivity contribution in [3.8, 4) is 5.75 Å². The van der Waals surface area contributed by atoms with Gasteiger partial charge in [-0.1, -0.05) is 23.7 Å². The van der Waals surface area contributed by atoms with E-state index in [9.17, 15) is 9.18 Å². The molecule has 1 amide bonds. The molecule has 6 heteroatoms. The number of amides is 1. The van der Waals surface area contributed by atoms with Crippen LogP contribution in [-0.2, 0) is 6.54 Å². The summed E-state index contributed by atoms with van der Waals surface area (Å²) in [6, 6.07) is 11.8. The van der Waals surface area contributed by atoms with Gasteiger partial charge < -0.3 is 10.1 Å². The van der Waals surface area contributed by atoms with E-state index in [1.807, 2.05) is 12.1 Å². The number of hydrogen-bond acceptors (Lipinski definition) is 3. The highest BCUT2D eigenvalue weighted by atomic mass is 35.5. The van der Waals surface area contributed by atoms with Gasteiger partial charge in [-0.2, -0.15) is 0 Å². The summed E-state index contributed by atoms with van der Waals surface area (Å²) < 4.78 is 19.1. The predicted molar refractivity (Wildman–Crippen MR) is 103 cm³/mol. The van der Waals surface area contributed by atoms with Gasteiger partial charge in [0.1, 0.15) is 17.7 Å². The second kappa shape index (κ2) is 7.87. The third-order valence-corrected chi connectivity index (χ3v) is 5.33. The first-order valence-corrected chi connectivity index (χ1v) is 9.66. The van der Waals surface area contributed by atoms with Crippen molar-refractivity contribution in [1.29, 1.82) is 0 Å². The quantitative estimate of drug-likeness (QED) is 0.782. The van der Waals surface area contributed by atoms with Crippen molar-refractivity contribution in [3.63, 3.8) is 0 Å². The minimum absolute atomic E-state index is 0.0477. The molecule has 2 aromatic carbocycles.